The van der Waals surface area contributed by atoms with Gasteiger partial charge in [0.2, 0.25) is 0 Å². The summed E-state index contributed by atoms with van der Waals surface area (Å²) in [5.74, 6) is -1.27. The van der Waals surface area contributed by atoms with Gasteiger partial charge in [0.15, 0.2) is 0 Å². The molecule has 0 bridgehead atoms. The fourth-order valence-electron chi connectivity index (χ4n) is 4.02. The van der Waals surface area contributed by atoms with E-state index in [0.29, 0.717) is 5.69 Å². The minimum atomic E-state index is -0.680. The van der Waals surface area contributed by atoms with E-state index in [1.807, 2.05) is 50.2 Å². The highest BCUT2D eigenvalue weighted by atomic mass is 16.5. The van der Waals surface area contributed by atoms with Gasteiger partial charge in [-0.2, -0.15) is 0 Å². The average molecular weight is 444 g/mol. The molecule has 7 heteroatoms. The molecule has 1 aliphatic rings. The largest absolute Gasteiger partial charge is 0.383 e. The predicted octanol–water partition coefficient (Wildman–Crippen LogP) is 4.12. The van der Waals surface area contributed by atoms with Crippen molar-refractivity contribution in [2.75, 3.05) is 25.2 Å². The van der Waals surface area contributed by atoms with Gasteiger partial charge >= 0.3 is 6.03 Å². The van der Waals surface area contributed by atoms with Crippen LogP contribution in [0.25, 0.3) is 11.8 Å². The van der Waals surface area contributed by atoms with Crippen LogP contribution < -0.4 is 4.90 Å². The van der Waals surface area contributed by atoms with Gasteiger partial charge < -0.3 is 9.30 Å². The zero-order valence-electron chi connectivity index (χ0n) is 18.8. The number of barbiturate groups is 1. The third kappa shape index (κ3) is 4.10. The topological polar surface area (TPSA) is 71.8 Å². The van der Waals surface area contributed by atoms with Crippen LogP contribution in [0.2, 0.25) is 0 Å². The number of para-hydroxylation sites is 2. The molecule has 3 aromatic rings. The summed E-state index contributed by atoms with van der Waals surface area (Å²) < 4.78 is 7.14. The summed E-state index contributed by atoms with van der Waals surface area (Å²) >= 11 is 0. The van der Waals surface area contributed by atoms with Crippen molar-refractivity contribution in [2.45, 2.75) is 13.8 Å². The Labute approximate surface area is 192 Å². The molecular weight excluding hydrogens is 418 g/mol. The Bertz CT molecular complexity index is 1230. The maximum Gasteiger partial charge on any atom is 0.338 e. The number of carbonyl (C=O) groups is 3. The number of imide groups is 2. The van der Waals surface area contributed by atoms with Gasteiger partial charge in [-0.05, 0) is 55.8 Å². The summed E-state index contributed by atoms with van der Waals surface area (Å²) in [7, 11) is 1.49. The Kier molecular flexibility index (Phi) is 6.24. The van der Waals surface area contributed by atoms with E-state index in [2.05, 4.69) is 4.57 Å². The van der Waals surface area contributed by atoms with Gasteiger partial charge in [-0.3, -0.25) is 14.5 Å². The lowest BCUT2D eigenvalue weighted by Gasteiger charge is -2.33. The van der Waals surface area contributed by atoms with E-state index in [1.54, 1.807) is 36.4 Å². The normalized spacial score (nSPS) is 15.6. The standard InChI is InChI=1S/C26H25N3O4/c1-18-16-20(19(2)28(18)21-10-6-4-7-11-21)17-23-24(30)27(14-15-33-3)26(32)29(25(23)31)22-12-8-5-9-13-22/h4-13,16-17H,14-15H2,1-3H3/b23-17+. The van der Waals surface area contributed by atoms with E-state index < -0.39 is 17.8 Å². The highest BCUT2D eigenvalue weighted by Gasteiger charge is 2.42. The minimum absolute atomic E-state index is 0.0468. The van der Waals surface area contributed by atoms with Gasteiger partial charge in [0.25, 0.3) is 11.8 Å². The fraction of sp³-hybridized carbons (Fsp3) is 0.192. The summed E-state index contributed by atoms with van der Waals surface area (Å²) in [6, 6.07) is 19.7. The SMILES string of the molecule is COCCN1C(=O)/C(=C\c2cc(C)n(-c3ccccc3)c2C)C(=O)N(c2ccccc2)C1=O. The maximum atomic E-state index is 13.4. The van der Waals surface area contributed by atoms with Crippen LogP contribution >= 0.6 is 0 Å². The first-order valence-electron chi connectivity index (χ1n) is 10.6. The van der Waals surface area contributed by atoms with Crippen LogP contribution in [0.3, 0.4) is 0 Å². The molecule has 0 spiro atoms. The zero-order valence-corrected chi connectivity index (χ0v) is 18.8. The average Bonchev–Trinajstić information content (AvgIpc) is 3.10. The van der Waals surface area contributed by atoms with Crippen molar-refractivity contribution in [1.82, 2.24) is 9.47 Å². The first-order valence-corrected chi connectivity index (χ1v) is 10.6. The Morgan fingerprint density at radius 3 is 2.06 bits per heavy atom. The number of amides is 4. The van der Waals surface area contributed by atoms with Crippen molar-refractivity contribution in [3.63, 3.8) is 0 Å². The molecule has 1 aliphatic heterocycles. The van der Waals surface area contributed by atoms with E-state index >= 15 is 0 Å². The van der Waals surface area contributed by atoms with Gasteiger partial charge in [0, 0.05) is 24.2 Å². The molecule has 0 aliphatic carbocycles. The number of methoxy groups -OCH3 is 1. The number of ether oxygens (including phenoxy) is 1. The van der Waals surface area contributed by atoms with Crippen LogP contribution in [0.5, 0.6) is 0 Å². The molecule has 0 saturated carbocycles. The molecule has 1 aromatic heterocycles. The molecule has 0 atom stereocenters. The number of urea groups is 1. The molecular formula is C26H25N3O4. The Morgan fingerprint density at radius 1 is 0.848 bits per heavy atom. The van der Waals surface area contributed by atoms with Crippen molar-refractivity contribution in [3.05, 3.63) is 89.3 Å². The van der Waals surface area contributed by atoms with Crippen molar-refractivity contribution in [2.24, 2.45) is 0 Å². The van der Waals surface area contributed by atoms with E-state index in [1.165, 1.54) is 7.11 Å². The van der Waals surface area contributed by atoms with Crippen molar-refractivity contribution >= 4 is 29.6 Å². The minimum Gasteiger partial charge on any atom is -0.383 e. The molecule has 0 radical (unpaired) electrons. The number of aryl methyl sites for hydroxylation is 1. The van der Waals surface area contributed by atoms with Crippen LogP contribution in [-0.4, -0.2) is 47.6 Å². The van der Waals surface area contributed by atoms with E-state index in [-0.39, 0.29) is 18.7 Å². The van der Waals surface area contributed by atoms with Gasteiger partial charge in [0.1, 0.15) is 5.57 Å². The predicted molar refractivity (Wildman–Crippen MR) is 126 cm³/mol. The van der Waals surface area contributed by atoms with Gasteiger partial charge in [-0.25, -0.2) is 9.69 Å². The lowest BCUT2D eigenvalue weighted by Crippen LogP contribution is -2.57. The quantitative estimate of drug-likeness (QED) is 0.424. The van der Waals surface area contributed by atoms with E-state index in [0.717, 1.165) is 32.4 Å². The van der Waals surface area contributed by atoms with Gasteiger partial charge in [-0.15, -0.1) is 0 Å². The van der Waals surface area contributed by atoms with E-state index in [4.69, 9.17) is 4.74 Å². The third-order valence-corrected chi connectivity index (χ3v) is 5.65. The summed E-state index contributed by atoms with van der Waals surface area (Å²) in [6.07, 6.45) is 1.58. The number of hydrogen-bond donors (Lipinski definition) is 0. The number of carbonyl (C=O) groups excluding carboxylic acids is 3. The number of rotatable bonds is 6. The molecule has 2 heterocycles. The highest BCUT2D eigenvalue weighted by Crippen LogP contribution is 2.28. The number of anilines is 1. The monoisotopic (exact) mass is 443 g/mol. The second kappa shape index (κ2) is 9.26. The molecule has 33 heavy (non-hydrogen) atoms. The fourth-order valence-corrected chi connectivity index (χ4v) is 4.02. The molecule has 0 N–H and O–H groups in total. The maximum absolute atomic E-state index is 13.4. The summed E-state index contributed by atoms with van der Waals surface area (Å²) in [5, 5.41) is 0. The molecule has 0 unspecified atom stereocenters. The molecule has 4 amide bonds. The molecule has 1 fully saturated rings. The second-order valence-corrected chi connectivity index (χ2v) is 7.76. The Morgan fingerprint density at radius 2 is 1.45 bits per heavy atom. The van der Waals surface area contributed by atoms with Crippen LogP contribution in [0, 0.1) is 13.8 Å². The van der Waals surface area contributed by atoms with Crippen molar-refractivity contribution < 1.29 is 19.1 Å². The molecule has 4 rings (SSSR count). The summed E-state index contributed by atoms with van der Waals surface area (Å²) in [5.41, 5.74) is 3.92. The van der Waals surface area contributed by atoms with Crippen LogP contribution in [-0.2, 0) is 14.3 Å². The summed E-state index contributed by atoms with van der Waals surface area (Å²) in [4.78, 5) is 41.8. The zero-order chi connectivity index (χ0) is 23.5. The van der Waals surface area contributed by atoms with Gasteiger partial charge in [-0.1, -0.05) is 36.4 Å². The number of aromatic nitrogens is 1. The van der Waals surface area contributed by atoms with Crippen LogP contribution in [0.15, 0.2) is 72.3 Å². The Balaban J connectivity index is 1.81. The van der Waals surface area contributed by atoms with Crippen molar-refractivity contribution in [3.8, 4) is 5.69 Å². The Hall–Kier alpha value is -3.97. The smallest absolute Gasteiger partial charge is 0.338 e. The first-order chi connectivity index (χ1) is 15.9. The lowest BCUT2D eigenvalue weighted by molar-refractivity contribution is -0.129. The lowest BCUT2D eigenvalue weighted by atomic mass is 10.1. The highest BCUT2D eigenvalue weighted by molar-refractivity contribution is 6.39. The second-order valence-electron chi connectivity index (χ2n) is 7.76. The van der Waals surface area contributed by atoms with E-state index in [9.17, 15) is 14.4 Å². The summed E-state index contributed by atoms with van der Waals surface area (Å²) in [6.45, 7) is 4.12. The molecule has 1 saturated heterocycles. The first kappa shape index (κ1) is 22.2. The third-order valence-electron chi connectivity index (χ3n) is 5.65. The number of nitrogens with zero attached hydrogens (tertiary/aromatic N) is 3. The molecule has 2 aromatic carbocycles. The molecule has 168 valence electrons. The van der Waals surface area contributed by atoms with Crippen LogP contribution in [0.4, 0.5) is 10.5 Å². The van der Waals surface area contributed by atoms with Crippen molar-refractivity contribution in [1.29, 1.82) is 0 Å². The molecule has 7 nitrogen and oxygen atoms in total. The number of benzene rings is 2. The van der Waals surface area contributed by atoms with Gasteiger partial charge in [0.05, 0.1) is 18.8 Å². The number of hydrogen-bond acceptors (Lipinski definition) is 4. The van der Waals surface area contributed by atoms with Crippen LogP contribution in [0.1, 0.15) is 17.0 Å².